The van der Waals surface area contributed by atoms with Crippen molar-refractivity contribution in [2.24, 2.45) is 5.41 Å². The van der Waals surface area contributed by atoms with E-state index in [1.807, 2.05) is 35.5 Å². The van der Waals surface area contributed by atoms with Crippen molar-refractivity contribution in [1.29, 1.82) is 0 Å². The van der Waals surface area contributed by atoms with Crippen LogP contribution in [0.2, 0.25) is 0 Å². The third-order valence-electron chi connectivity index (χ3n) is 6.45. The SMILES string of the molecule is Cc1cc([S+](O)N2CC(C)(C)Cc3cc(-c4ccc(C(F)(F)F)cc4)ccc32)ccc1-c1noc(=O)[nH]1. The summed E-state index contributed by atoms with van der Waals surface area (Å²) in [5, 5.41) is 3.74. The fourth-order valence-corrected chi connectivity index (χ4v) is 6.25. The van der Waals surface area contributed by atoms with E-state index >= 15 is 0 Å². The van der Waals surface area contributed by atoms with Crippen LogP contribution in [0.4, 0.5) is 18.9 Å². The highest BCUT2D eigenvalue weighted by molar-refractivity contribution is 7.93. The molecule has 0 saturated carbocycles. The molecule has 3 aromatic carbocycles. The van der Waals surface area contributed by atoms with Gasteiger partial charge in [-0.3, -0.25) is 9.51 Å². The van der Waals surface area contributed by atoms with Gasteiger partial charge in [-0.25, -0.2) is 4.79 Å². The summed E-state index contributed by atoms with van der Waals surface area (Å²) in [5.41, 5.74) is 4.14. The first-order chi connectivity index (χ1) is 17.4. The Kier molecular flexibility index (Phi) is 6.19. The van der Waals surface area contributed by atoms with Crippen molar-refractivity contribution in [2.45, 2.75) is 38.3 Å². The van der Waals surface area contributed by atoms with Gasteiger partial charge in [0.15, 0.2) is 5.82 Å². The van der Waals surface area contributed by atoms with Crippen LogP contribution in [-0.4, -0.2) is 21.2 Å². The van der Waals surface area contributed by atoms with E-state index in [-0.39, 0.29) is 5.41 Å². The summed E-state index contributed by atoms with van der Waals surface area (Å²) in [6.45, 7) is 6.74. The van der Waals surface area contributed by atoms with Gasteiger partial charge in [0.1, 0.15) is 0 Å². The minimum absolute atomic E-state index is 0.144. The summed E-state index contributed by atoms with van der Waals surface area (Å²) in [6, 6.07) is 16.4. The molecule has 1 aromatic heterocycles. The van der Waals surface area contributed by atoms with Crippen LogP contribution in [0.5, 0.6) is 0 Å². The Hall–Kier alpha value is -3.50. The van der Waals surface area contributed by atoms with E-state index in [9.17, 15) is 22.5 Å². The molecule has 2 heterocycles. The lowest BCUT2D eigenvalue weighted by atomic mass is 9.81. The highest BCUT2D eigenvalue weighted by Gasteiger charge is 2.41. The van der Waals surface area contributed by atoms with Gasteiger partial charge in [-0.15, -0.1) is 0 Å². The second kappa shape index (κ2) is 9.11. The molecule has 1 aliphatic rings. The van der Waals surface area contributed by atoms with Gasteiger partial charge < -0.3 is 0 Å². The van der Waals surface area contributed by atoms with Crippen LogP contribution in [0.1, 0.15) is 30.5 Å². The van der Waals surface area contributed by atoms with Gasteiger partial charge in [-0.2, -0.15) is 22.0 Å². The summed E-state index contributed by atoms with van der Waals surface area (Å²) in [4.78, 5) is 14.6. The number of halogens is 3. The highest BCUT2D eigenvalue weighted by Crippen LogP contribution is 2.41. The van der Waals surface area contributed by atoms with Crippen LogP contribution in [0.15, 0.2) is 74.9 Å². The van der Waals surface area contributed by atoms with Crippen LogP contribution in [0.3, 0.4) is 0 Å². The van der Waals surface area contributed by atoms with E-state index in [4.69, 9.17) is 0 Å². The molecule has 1 aliphatic heterocycles. The van der Waals surface area contributed by atoms with Gasteiger partial charge in [0, 0.05) is 17.7 Å². The van der Waals surface area contributed by atoms with E-state index < -0.39 is 28.9 Å². The third-order valence-corrected chi connectivity index (χ3v) is 7.87. The number of aromatic nitrogens is 2. The number of hydrogen-bond acceptors (Lipinski definition) is 5. The normalized spacial score (nSPS) is 15.9. The number of H-pyrrole nitrogens is 1. The lowest BCUT2D eigenvalue weighted by Gasteiger charge is -2.36. The number of rotatable bonds is 4. The number of hydrogen-bond donors (Lipinski definition) is 2. The first-order valence-corrected chi connectivity index (χ1v) is 12.7. The van der Waals surface area contributed by atoms with Crippen LogP contribution in [0, 0.1) is 12.3 Å². The van der Waals surface area contributed by atoms with Crippen molar-refractivity contribution in [3.8, 4) is 22.5 Å². The minimum atomic E-state index is -4.38. The van der Waals surface area contributed by atoms with E-state index in [0.29, 0.717) is 28.4 Å². The second-order valence-electron chi connectivity index (χ2n) is 9.98. The van der Waals surface area contributed by atoms with Gasteiger partial charge in [-0.05, 0) is 71.3 Å². The van der Waals surface area contributed by atoms with Crippen molar-refractivity contribution in [1.82, 2.24) is 10.1 Å². The van der Waals surface area contributed by atoms with Gasteiger partial charge in [0.05, 0.1) is 17.8 Å². The first-order valence-electron chi connectivity index (χ1n) is 11.6. The summed E-state index contributed by atoms with van der Waals surface area (Å²) >= 11 is -1.27. The number of aryl methyl sites for hydroxylation is 1. The molecule has 4 aromatic rings. The van der Waals surface area contributed by atoms with Gasteiger partial charge in [0.2, 0.25) is 4.90 Å². The van der Waals surface area contributed by atoms with Crippen LogP contribution in [-0.2, 0) is 24.0 Å². The van der Waals surface area contributed by atoms with Gasteiger partial charge in [-0.1, -0.05) is 37.2 Å². The van der Waals surface area contributed by atoms with E-state index in [1.165, 1.54) is 12.1 Å². The van der Waals surface area contributed by atoms with Crippen molar-refractivity contribution in [3.05, 3.63) is 87.9 Å². The fraction of sp³-hybridized carbons (Fsp3) is 0.259. The number of nitrogens with zero attached hydrogens (tertiary/aromatic N) is 2. The van der Waals surface area contributed by atoms with Gasteiger partial charge in [0.25, 0.3) is 0 Å². The lowest BCUT2D eigenvalue weighted by molar-refractivity contribution is -0.137. The molecule has 0 radical (unpaired) electrons. The average Bonchev–Trinajstić information content (AvgIpc) is 3.27. The standard InChI is InChI=1S/C27H24F3N3O3S/c1-16-12-21(9-10-22(16)24-31-25(34)36-32-24)37(35)33-15-26(2,3)14-19-13-18(6-11-23(19)33)17-4-7-20(8-5-17)27(28,29)30/h4-13,35H,14-15H2,1-3H3/p+1. The molecule has 0 bridgehead atoms. The largest absolute Gasteiger partial charge is 0.439 e. The molecular weight excluding hydrogens is 503 g/mol. The van der Waals surface area contributed by atoms with Crippen molar-refractivity contribution < 1.29 is 22.2 Å². The maximum absolute atomic E-state index is 13.0. The Balaban J connectivity index is 1.47. The van der Waals surface area contributed by atoms with E-state index in [2.05, 4.69) is 28.5 Å². The van der Waals surface area contributed by atoms with Gasteiger partial charge >= 0.3 is 23.3 Å². The smallest absolute Gasteiger partial charge is 0.296 e. The van der Waals surface area contributed by atoms with Crippen molar-refractivity contribution in [2.75, 3.05) is 10.8 Å². The summed E-state index contributed by atoms with van der Waals surface area (Å²) < 4.78 is 57.0. The Morgan fingerprint density at radius 3 is 2.38 bits per heavy atom. The second-order valence-corrected chi connectivity index (χ2v) is 11.4. The molecule has 0 fully saturated rings. The molecule has 1 unspecified atom stereocenters. The van der Waals surface area contributed by atoms with Crippen LogP contribution in [0.25, 0.3) is 22.5 Å². The molecule has 0 aliphatic carbocycles. The predicted octanol–water partition coefficient (Wildman–Crippen LogP) is 6.48. The number of benzene rings is 3. The number of anilines is 1. The molecule has 10 heteroatoms. The Morgan fingerprint density at radius 1 is 1.05 bits per heavy atom. The summed E-state index contributed by atoms with van der Waals surface area (Å²) in [7, 11) is 0. The summed E-state index contributed by atoms with van der Waals surface area (Å²) in [6.07, 6.45) is -3.61. The average molecular weight is 529 g/mol. The van der Waals surface area contributed by atoms with E-state index in [0.717, 1.165) is 40.9 Å². The molecule has 192 valence electrons. The Bertz CT molecular complexity index is 1510. The number of alkyl halides is 3. The topological polar surface area (TPSA) is 82.4 Å². The molecule has 6 nitrogen and oxygen atoms in total. The molecule has 37 heavy (non-hydrogen) atoms. The number of nitrogens with one attached hydrogen (secondary N) is 1. The molecule has 1 atom stereocenters. The third kappa shape index (κ3) is 5.03. The zero-order valence-corrected chi connectivity index (χ0v) is 21.2. The molecule has 0 amide bonds. The van der Waals surface area contributed by atoms with Crippen LogP contribution >= 0.6 is 0 Å². The minimum Gasteiger partial charge on any atom is -0.296 e. The molecular formula is C27H25F3N3O3S+. The number of aromatic amines is 1. The Labute approximate surface area is 214 Å². The van der Waals surface area contributed by atoms with Crippen LogP contribution < -0.4 is 10.1 Å². The molecule has 2 N–H and O–H groups in total. The van der Waals surface area contributed by atoms with Crippen molar-refractivity contribution in [3.63, 3.8) is 0 Å². The maximum Gasteiger partial charge on any atom is 0.439 e. The fourth-order valence-electron chi connectivity index (χ4n) is 4.69. The zero-order chi connectivity index (χ0) is 26.5. The maximum atomic E-state index is 13.0. The first kappa shape index (κ1) is 25.2. The molecule has 0 spiro atoms. The van der Waals surface area contributed by atoms with E-state index in [1.54, 1.807) is 12.1 Å². The highest BCUT2D eigenvalue weighted by atomic mass is 32.2. The quantitative estimate of drug-likeness (QED) is 0.297. The number of fused-ring (bicyclic) bond motifs is 1. The Morgan fingerprint density at radius 2 is 1.76 bits per heavy atom. The van der Waals surface area contributed by atoms with Crippen molar-refractivity contribution >= 4 is 17.0 Å². The molecule has 5 rings (SSSR count). The predicted molar refractivity (Wildman–Crippen MR) is 137 cm³/mol. The monoisotopic (exact) mass is 528 g/mol. The summed E-state index contributed by atoms with van der Waals surface area (Å²) in [5.74, 6) is -0.310. The lowest BCUT2D eigenvalue weighted by Crippen LogP contribution is -2.43. The zero-order valence-electron chi connectivity index (χ0n) is 20.4. The molecule has 0 saturated heterocycles.